The van der Waals surface area contributed by atoms with Crippen LogP contribution in [0.5, 0.6) is 0 Å². The van der Waals surface area contributed by atoms with Gasteiger partial charge < -0.3 is 5.21 Å². The molecule has 3 unspecified atom stereocenters. The Hall–Kier alpha value is -0.530. The summed E-state index contributed by atoms with van der Waals surface area (Å²) in [6.07, 6.45) is 8.75. The van der Waals surface area contributed by atoms with Gasteiger partial charge in [-0.15, -0.1) is 5.16 Å². The van der Waals surface area contributed by atoms with Crippen molar-refractivity contribution in [2.45, 2.75) is 46.0 Å². The van der Waals surface area contributed by atoms with Crippen LogP contribution in [0.25, 0.3) is 0 Å². The molecule has 3 rings (SSSR count). The number of hydrogen-bond donors (Lipinski definition) is 1. The molecule has 2 heteroatoms. The van der Waals surface area contributed by atoms with Gasteiger partial charge in [-0.25, -0.2) is 0 Å². The minimum Gasteiger partial charge on any atom is -0.411 e. The number of nitrogens with zero attached hydrogens (tertiary/aromatic N) is 1. The van der Waals surface area contributed by atoms with Crippen molar-refractivity contribution in [3.8, 4) is 0 Å². The van der Waals surface area contributed by atoms with E-state index in [0.717, 1.165) is 17.8 Å². The largest absolute Gasteiger partial charge is 0.411 e. The van der Waals surface area contributed by atoms with Crippen molar-refractivity contribution in [2.24, 2.45) is 33.7 Å². The summed E-state index contributed by atoms with van der Waals surface area (Å²) in [5.74, 6) is 2.58. The first kappa shape index (κ1) is 9.68. The van der Waals surface area contributed by atoms with Gasteiger partial charge in [-0.2, -0.15) is 0 Å². The molecule has 2 bridgehead atoms. The minimum atomic E-state index is 0.170. The maximum atomic E-state index is 8.84. The number of hydrogen-bond acceptors (Lipinski definition) is 2. The molecule has 5 atom stereocenters. The van der Waals surface area contributed by atoms with Gasteiger partial charge in [-0.1, -0.05) is 13.8 Å². The molecule has 0 amide bonds. The van der Waals surface area contributed by atoms with Crippen LogP contribution in [0, 0.1) is 28.6 Å². The van der Waals surface area contributed by atoms with E-state index in [1.165, 1.54) is 32.1 Å². The summed E-state index contributed by atoms with van der Waals surface area (Å²) in [4.78, 5) is 0. The summed E-state index contributed by atoms with van der Waals surface area (Å²) in [5.41, 5.74) is 0.782. The molecule has 0 heterocycles. The lowest BCUT2D eigenvalue weighted by Gasteiger charge is -2.36. The highest BCUT2D eigenvalue weighted by atomic mass is 16.4. The molecule has 0 saturated heterocycles. The number of rotatable bonds is 1. The molecular formula is C13H21NO. The van der Waals surface area contributed by atoms with Crippen LogP contribution in [0.2, 0.25) is 0 Å². The fraction of sp³-hybridized carbons (Fsp3) is 0.923. The van der Waals surface area contributed by atoms with Gasteiger partial charge in [0, 0.05) is 11.6 Å². The first-order valence-electron chi connectivity index (χ1n) is 6.29. The van der Waals surface area contributed by atoms with Crippen molar-refractivity contribution >= 4 is 6.21 Å². The fourth-order valence-electron chi connectivity index (χ4n) is 5.30. The van der Waals surface area contributed by atoms with E-state index < -0.39 is 0 Å². The molecule has 0 aromatic rings. The van der Waals surface area contributed by atoms with E-state index in [4.69, 9.17) is 5.21 Å². The van der Waals surface area contributed by atoms with Crippen molar-refractivity contribution in [1.29, 1.82) is 0 Å². The molecule has 1 spiro atoms. The molecule has 3 saturated carbocycles. The Kier molecular flexibility index (Phi) is 1.79. The van der Waals surface area contributed by atoms with Gasteiger partial charge >= 0.3 is 0 Å². The Labute approximate surface area is 91.7 Å². The van der Waals surface area contributed by atoms with Crippen LogP contribution in [0.15, 0.2) is 5.16 Å². The molecular weight excluding hydrogens is 186 g/mol. The highest BCUT2D eigenvalue weighted by Crippen LogP contribution is 2.71. The Bertz CT molecular complexity index is 314. The Balaban J connectivity index is 2.00. The molecule has 0 aromatic heterocycles. The van der Waals surface area contributed by atoms with Crippen LogP contribution in [-0.4, -0.2) is 11.4 Å². The topological polar surface area (TPSA) is 32.6 Å². The third-order valence-electron chi connectivity index (χ3n) is 5.83. The Morgan fingerprint density at radius 3 is 2.87 bits per heavy atom. The second kappa shape index (κ2) is 2.78. The summed E-state index contributed by atoms with van der Waals surface area (Å²) >= 11 is 0. The van der Waals surface area contributed by atoms with Crippen LogP contribution in [0.4, 0.5) is 0 Å². The highest BCUT2D eigenvalue weighted by molar-refractivity contribution is 5.66. The smallest absolute Gasteiger partial charge is 0.0498 e. The molecule has 84 valence electrons. The first-order chi connectivity index (χ1) is 7.11. The number of fused-ring (bicyclic) bond motifs is 1. The zero-order chi connectivity index (χ0) is 10.7. The molecule has 0 aromatic carbocycles. The van der Waals surface area contributed by atoms with Gasteiger partial charge in [0.15, 0.2) is 0 Å². The Morgan fingerprint density at radius 2 is 2.20 bits per heavy atom. The van der Waals surface area contributed by atoms with Gasteiger partial charge in [0.1, 0.15) is 0 Å². The van der Waals surface area contributed by atoms with E-state index in [-0.39, 0.29) is 5.41 Å². The van der Waals surface area contributed by atoms with Gasteiger partial charge in [0.25, 0.3) is 0 Å². The average Bonchev–Trinajstić information content (AvgIpc) is 2.79. The van der Waals surface area contributed by atoms with E-state index in [9.17, 15) is 0 Å². The van der Waals surface area contributed by atoms with Crippen LogP contribution in [0.3, 0.4) is 0 Å². The van der Waals surface area contributed by atoms with Crippen molar-refractivity contribution in [1.82, 2.24) is 0 Å². The van der Waals surface area contributed by atoms with E-state index >= 15 is 0 Å². The van der Waals surface area contributed by atoms with Gasteiger partial charge in [0.2, 0.25) is 0 Å². The summed E-state index contributed by atoms with van der Waals surface area (Å²) in [6.45, 7) is 4.71. The second-order valence-electron chi connectivity index (χ2n) is 6.49. The molecule has 3 aliphatic rings. The minimum absolute atomic E-state index is 0.170. The second-order valence-corrected chi connectivity index (χ2v) is 6.49. The standard InChI is InChI=1S/C13H21NO/c1-9-6-12(2,8-14-15)11-5-10-3-4-13(9,11)7-10/h8-11,15H,3-7H2,1-2H3/b14-8+/t9?,10-,11?,12?,13-/m0/s1. The average molecular weight is 207 g/mol. The SMILES string of the molecule is CC1CC(C)(/C=N/O)C2C[C@@H]3CC[C@]12C3. The lowest BCUT2D eigenvalue weighted by molar-refractivity contribution is 0.142. The van der Waals surface area contributed by atoms with E-state index in [0.29, 0.717) is 5.41 Å². The van der Waals surface area contributed by atoms with Crippen LogP contribution in [-0.2, 0) is 0 Å². The first-order valence-corrected chi connectivity index (χ1v) is 6.29. The van der Waals surface area contributed by atoms with Crippen molar-refractivity contribution in [3.63, 3.8) is 0 Å². The van der Waals surface area contributed by atoms with E-state index in [1.54, 1.807) is 0 Å². The van der Waals surface area contributed by atoms with Gasteiger partial charge in [0.05, 0.1) is 0 Å². The maximum Gasteiger partial charge on any atom is 0.0498 e. The van der Waals surface area contributed by atoms with Crippen LogP contribution >= 0.6 is 0 Å². The van der Waals surface area contributed by atoms with Crippen molar-refractivity contribution in [2.75, 3.05) is 0 Å². The molecule has 1 N–H and O–H groups in total. The van der Waals surface area contributed by atoms with Crippen LogP contribution < -0.4 is 0 Å². The molecule has 2 nitrogen and oxygen atoms in total. The normalized spacial score (nSPS) is 57.9. The molecule has 0 radical (unpaired) electrons. The fourth-order valence-corrected chi connectivity index (χ4v) is 5.30. The summed E-state index contributed by atoms with van der Waals surface area (Å²) in [6, 6.07) is 0. The monoisotopic (exact) mass is 207 g/mol. The lowest BCUT2D eigenvalue weighted by atomic mass is 9.68. The summed E-state index contributed by atoms with van der Waals surface area (Å²) < 4.78 is 0. The highest BCUT2D eigenvalue weighted by Gasteiger charge is 2.64. The van der Waals surface area contributed by atoms with Crippen molar-refractivity contribution < 1.29 is 5.21 Å². The van der Waals surface area contributed by atoms with E-state index in [2.05, 4.69) is 19.0 Å². The zero-order valence-corrected chi connectivity index (χ0v) is 9.74. The third-order valence-corrected chi connectivity index (χ3v) is 5.83. The molecule has 15 heavy (non-hydrogen) atoms. The zero-order valence-electron chi connectivity index (χ0n) is 9.74. The van der Waals surface area contributed by atoms with Gasteiger partial charge in [-0.05, 0) is 55.3 Å². The van der Waals surface area contributed by atoms with Crippen LogP contribution in [0.1, 0.15) is 46.0 Å². The predicted octanol–water partition coefficient (Wildman–Crippen LogP) is 3.30. The summed E-state index contributed by atoms with van der Waals surface area (Å²) in [7, 11) is 0. The maximum absolute atomic E-state index is 8.84. The lowest BCUT2D eigenvalue weighted by Crippen LogP contribution is -2.32. The third kappa shape index (κ3) is 1.03. The molecule has 3 aliphatic carbocycles. The quantitative estimate of drug-likeness (QED) is 0.399. The molecule has 0 aliphatic heterocycles. The van der Waals surface area contributed by atoms with Crippen molar-refractivity contribution in [3.05, 3.63) is 0 Å². The van der Waals surface area contributed by atoms with Gasteiger partial charge in [-0.3, -0.25) is 0 Å². The Morgan fingerprint density at radius 1 is 1.40 bits per heavy atom. The number of oxime groups is 1. The molecule has 3 fully saturated rings. The predicted molar refractivity (Wildman–Crippen MR) is 60.0 cm³/mol. The van der Waals surface area contributed by atoms with E-state index in [1.807, 2.05) is 6.21 Å². The summed E-state index contributed by atoms with van der Waals surface area (Å²) in [5, 5.41) is 12.2.